The van der Waals surface area contributed by atoms with E-state index in [1.165, 1.54) is 10.3 Å². The van der Waals surface area contributed by atoms with Crippen molar-refractivity contribution in [3.8, 4) is 17.2 Å². The maximum Gasteiger partial charge on any atom is 0.133 e. The predicted octanol–water partition coefficient (Wildman–Crippen LogP) is 8.57. The van der Waals surface area contributed by atoms with Crippen LogP contribution in [0.3, 0.4) is 0 Å². The van der Waals surface area contributed by atoms with Crippen LogP contribution in [0.1, 0.15) is 89.7 Å². The second-order valence-electron chi connectivity index (χ2n) is 15.2. The molecule has 0 saturated heterocycles. The Bertz CT molecular complexity index is 2660. The minimum atomic E-state index is -0.577. The van der Waals surface area contributed by atoms with E-state index in [4.69, 9.17) is 4.42 Å². The molecule has 0 bridgehead atoms. The molecule has 19 heteroatoms. The molecule has 1 aromatic carbocycles. The number of para-hydroxylation sites is 1. The number of alkyl halides is 1. The van der Waals surface area contributed by atoms with E-state index in [1.807, 2.05) is 104 Å². The van der Waals surface area contributed by atoms with Gasteiger partial charge in [-0.15, -0.1) is 19.3 Å². The summed E-state index contributed by atoms with van der Waals surface area (Å²) in [6, 6.07) is 23.5. The number of aryl methyl sites for hydroxylation is 5. The number of rotatable bonds is 8. The van der Waals surface area contributed by atoms with Gasteiger partial charge in [0, 0.05) is 105 Å². The van der Waals surface area contributed by atoms with Crippen LogP contribution in [0.2, 0.25) is 0 Å². The number of allylic oxidation sites excluding steroid dienone is 1. The van der Waals surface area contributed by atoms with Crippen LogP contribution in [0.15, 0.2) is 111 Å². The standard InChI is InChI=1S/C13H10FN4.C12H16N3.C11H13N2O.C10H13N4.3Ir.Rh/c14-10-11-6-8-18(15-11)13-7-9-17(16-13)12-4-2-1-3-5-12;1-5-10-6-7-15(14-10)11-8-13-12(3,4)9(11)2;1-4-10-5-6-13(12-10)11-7-8(2)14-9(11)3;1-4-8-5-6-14(13-8)9-7-11-10(2,3)12-9;;;;/h1-6,8-9H,10H2;6-7H,5H2,1-4H3;2*5-6H,4H2,1-3H3;;;;/q4*-1;;;;. The molecule has 0 amide bonds. The predicted molar refractivity (Wildman–Crippen MR) is 236 cm³/mol. The van der Waals surface area contributed by atoms with Crippen molar-refractivity contribution in [3.63, 3.8) is 0 Å². The van der Waals surface area contributed by atoms with Gasteiger partial charge in [-0.3, -0.25) is 28.4 Å². The minimum absolute atomic E-state index is 0. The number of benzene rings is 1. The summed E-state index contributed by atoms with van der Waals surface area (Å²) in [6.45, 7) is 19.7. The molecule has 14 nitrogen and oxygen atoms in total. The van der Waals surface area contributed by atoms with Gasteiger partial charge in [-0.1, -0.05) is 71.1 Å². The summed E-state index contributed by atoms with van der Waals surface area (Å²) in [5.74, 6) is 2.88. The van der Waals surface area contributed by atoms with Crippen LogP contribution in [0, 0.1) is 26.0 Å². The number of aliphatic imine (C=N–C) groups is 3. The molecule has 0 saturated carbocycles. The topological polar surface area (TPSA) is 139 Å². The molecular formula is C46H52FIr3N13ORh-4. The quantitative estimate of drug-likeness (QED) is 0.110. The minimum Gasteiger partial charge on any atom is -0.569 e. The third-order valence-electron chi connectivity index (χ3n) is 9.69. The van der Waals surface area contributed by atoms with Crippen molar-refractivity contribution in [1.82, 2.24) is 48.9 Å². The SMILES string of the molecule is CCc1ccn(-c2[c-]c(C)oc2C)n1.CCc1ccn(C2=C(C)C(C)(C)N=[C-]2)n1.CCc1ccn(C2=NC(C)(C)N=[C-]2)n1.FCc1ccn(-c2[c-]cn(-c3ccccc3)n2)n1.[Ir].[Ir].[Ir].[Rh]. The van der Waals surface area contributed by atoms with E-state index in [0.29, 0.717) is 17.3 Å². The van der Waals surface area contributed by atoms with Crippen LogP contribution in [-0.2, 0) is 106 Å². The number of hydrogen-bond acceptors (Lipinski definition) is 9. The van der Waals surface area contributed by atoms with Crippen molar-refractivity contribution in [3.05, 3.63) is 138 Å². The number of furan rings is 1. The molecule has 0 N–H and O–H groups in total. The molecular weight excluding hydrogens is 1450 g/mol. The van der Waals surface area contributed by atoms with E-state index in [-0.39, 0.29) is 91.0 Å². The van der Waals surface area contributed by atoms with Gasteiger partial charge in [0.25, 0.3) is 0 Å². The summed E-state index contributed by atoms with van der Waals surface area (Å²) in [4.78, 5) is 12.9. The monoisotopic (exact) mass is 1500 g/mol. The number of hydrogen-bond donors (Lipinski definition) is 0. The van der Waals surface area contributed by atoms with Gasteiger partial charge in [0.2, 0.25) is 0 Å². The van der Waals surface area contributed by atoms with Crippen molar-refractivity contribution in [2.75, 3.05) is 0 Å². The van der Waals surface area contributed by atoms with Crippen molar-refractivity contribution >= 4 is 24.0 Å². The van der Waals surface area contributed by atoms with Crippen molar-refractivity contribution in [1.29, 1.82) is 0 Å². The van der Waals surface area contributed by atoms with E-state index < -0.39 is 6.67 Å². The Morgan fingerprint density at radius 3 is 1.66 bits per heavy atom. The Morgan fingerprint density at radius 1 is 0.631 bits per heavy atom. The first-order valence-electron chi connectivity index (χ1n) is 20.3. The van der Waals surface area contributed by atoms with Crippen LogP contribution in [-0.4, -0.2) is 78.4 Å². The van der Waals surface area contributed by atoms with Gasteiger partial charge in [-0.05, 0) is 105 Å². The van der Waals surface area contributed by atoms with Gasteiger partial charge < -0.3 is 26.7 Å². The average Bonchev–Trinajstić information content (AvgIpc) is 4.11. The molecule has 0 aliphatic carbocycles. The zero-order valence-corrected chi connectivity index (χ0v) is 46.7. The van der Waals surface area contributed by atoms with Crippen LogP contribution >= 0.6 is 0 Å². The number of aromatic nitrogens is 10. The fourth-order valence-electron chi connectivity index (χ4n) is 5.92. The first kappa shape index (κ1) is 56.9. The Kier molecular flexibility index (Phi) is 22.5. The van der Waals surface area contributed by atoms with E-state index in [1.54, 1.807) is 27.8 Å². The van der Waals surface area contributed by atoms with Gasteiger partial charge >= 0.3 is 0 Å². The van der Waals surface area contributed by atoms with Crippen molar-refractivity contribution in [2.24, 2.45) is 15.0 Å². The second kappa shape index (κ2) is 25.6. The molecule has 0 fully saturated rings. The summed E-state index contributed by atoms with van der Waals surface area (Å²) in [5.41, 5.74) is 7.16. The summed E-state index contributed by atoms with van der Waals surface area (Å²) in [6.07, 6.45) is 18.0. The molecule has 0 unspecified atom stereocenters. The van der Waals surface area contributed by atoms with Gasteiger partial charge in [0.15, 0.2) is 0 Å². The number of nitrogens with zero attached hydrogens (tertiary/aromatic N) is 13. The Hall–Kier alpha value is -4.20. The van der Waals surface area contributed by atoms with Crippen molar-refractivity contribution in [2.45, 2.75) is 106 Å². The Labute approximate surface area is 434 Å². The largest absolute Gasteiger partial charge is 0.569 e. The molecule has 4 radical (unpaired) electrons. The molecule has 0 atom stereocenters. The van der Waals surface area contributed by atoms with E-state index >= 15 is 0 Å². The first-order valence-corrected chi connectivity index (χ1v) is 20.3. The fraction of sp³-hybridized carbons (Fsp3) is 0.348. The normalized spacial score (nSPS) is 13.7. The van der Waals surface area contributed by atoms with Crippen LogP contribution in [0.4, 0.5) is 4.39 Å². The zero-order chi connectivity index (χ0) is 43.7. The molecule has 65 heavy (non-hydrogen) atoms. The second-order valence-corrected chi connectivity index (χ2v) is 15.2. The van der Waals surface area contributed by atoms with E-state index in [9.17, 15) is 4.39 Å². The van der Waals surface area contributed by atoms with Crippen LogP contribution < -0.4 is 0 Å². The molecule has 2 aliphatic rings. The summed E-state index contributed by atoms with van der Waals surface area (Å²) < 4.78 is 26.4. The first-order chi connectivity index (χ1) is 29.2. The van der Waals surface area contributed by atoms with E-state index in [2.05, 4.69) is 107 Å². The summed E-state index contributed by atoms with van der Waals surface area (Å²) in [5, 5.41) is 21.6. The van der Waals surface area contributed by atoms with Gasteiger partial charge in [0.1, 0.15) is 12.3 Å². The molecule has 0 spiro atoms. The third-order valence-corrected chi connectivity index (χ3v) is 9.69. The van der Waals surface area contributed by atoms with Crippen molar-refractivity contribution < 1.29 is 88.6 Å². The zero-order valence-electron chi connectivity index (χ0n) is 37.8. The van der Waals surface area contributed by atoms with Crippen LogP contribution in [0.25, 0.3) is 22.9 Å². The molecule has 7 aromatic rings. The maximum absolute atomic E-state index is 12.4. The summed E-state index contributed by atoms with van der Waals surface area (Å²) in [7, 11) is 0. The smallest absolute Gasteiger partial charge is 0.133 e. The number of halogens is 1. The van der Waals surface area contributed by atoms with Gasteiger partial charge in [0.05, 0.1) is 28.5 Å². The Morgan fingerprint density at radius 2 is 1.17 bits per heavy atom. The van der Waals surface area contributed by atoms with E-state index in [0.717, 1.165) is 64.9 Å². The molecule has 6 aromatic heterocycles. The summed E-state index contributed by atoms with van der Waals surface area (Å²) >= 11 is 0. The molecule has 2 aliphatic heterocycles. The molecule has 354 valence electrons. The van der Waals surface area contributed by atoms with Gasteiger partial charge in [-0.2, -0.15) is 37.1 Å². The fourth-order valence-corrected chi connectivity index (χ4v) is 5.92. The molecule has 9 rings (SSSR count). The molecule has 8 heterocycles. The van der Waals surface area contributed by atoms with Crippen LogP contribution in [0.5, 0.6) is 0 Å². The third kappa shape index (κ3) is 14.9. The average molecular weight is 1500 g/mol. The van der Waals surface area contributed by atoms with Gasteiger partial charge in [-0.25, -0.2) is 4.39 Å². The Balaban J connectivity index is 0.000000293. The maximum atomic E-state index is 12.4.